The number of sulfonamides is 1. The molecule has 0 atom stereocenters. The molecule has 10 nitrogen and oxygen atoms in total. The van der Waals surface area contributed by atoms with Gasteiger partial charge in [-0.2, -0.15) is 4.52 Å². The van der Waals surface area contributed by atoms with Crippen LogP contribution in [-0.4, -0.2) is 84.8 Å². The monoisotopic (exact) mass is 397 g/mol. The molecule has 2 aromatic rings. The van der Waals surface area contributed by atoms with Crippen molar-refractivity contribution in [3.63, 3.8) is 0 Å². The quantitative estimate of drug-likeness (QED) is 0.527. The molecule has 0 amide bonds. The molecule has 1 fully saturated rings. The van der Waals surface area contributed by atoms with Crippen LogP contribution in [0.15, 0.2) is 12.1 Å². The Morgan fingerprint density at radius 1 is 1.19 bits per heavy atom. The first-order chi connectivity index (χ1) is 13.1. The van der Waals surface area contributed by atoms with Crippen LogP contribution in [0.3, 0.4) is 0 Å². The van der Waals surface area contributed by atoms with Gasteiger partial charge < -0.3 is 10.1 Å². The maximum Gasteiger partial charge on any atom is 0.211 e. The van der Waals surface area contributed by atoms with Crippen LogP contribution in [0.5, 0.6) is 0 Å². The van der Waals surface area contributed by atoms with Crippen LogP contribution < -0.4 is 10.0 Å². The number of morpholine rings is 1. The van der Waals surface area contributed by atoms with E-state index in [9.17, 15) is 8.42 Å². The van der Waals surface area contributed by atoms with Gasteiger partial charge >= 0.3 is 0 Å². The summed E-state index contributed by atoms with van der Waals surface area (Å²) in [5.74, 6) is 1.44. The highest BCUT2D eigenvalue weighted by atomic mass is 32.2. The van der Waals surface area contributed by atoms with Crippen molar-refractivity contribution in [3.8, 4) is 0 Å². The van der Waals surface area contributed by atoms with Crippen LogP contribution in [0, 0.1) is 0 Å². The Hall–Kier alpha value is -1.82. The molecule has 0 aromatic carbocycles. The Balaban J connectivity index is 1.51. The number of aromatic nitrogens is 4. The zero-order valence-corrected chi connectivity index (χ0v) is 16.4. The molecule has 3 heterocycles. The molecule has 2 N–H and O–H groups in total. The molecular weight excluding hydrogens is 370 g/mol. The standard InChI is InChI=1S/C16H27N7O3S/c1-2-27(24,25)18-8-6-16-20-19-15-5-4-14(21-23(15)16)17-7-3-9-22-10-12-26-13-11-22/h4-5,18H,2-3,6-13H2,1H3,(H,17,21). The van der Waals surface area contributed by atoms with Crippen molar-refractivity contribution < 1.29 is 13.2 Å². The lowest BCUT2D eigenvalue weighted by molar-refractivity contribution is 0.0378. The van der Waals surface area contributed by atoms with Crippen molar-refractivity contribution >= 4 is 21.5 Å². The number of hydrogen-bond acceptors (Lipinski definition) is 8. The van der Waals surface area contributed by atoms with Gasteiger partial charge in [0.1, 0.15) is 5.82 Å². The topological polar surface area (TPSA) is 114 Å². The molecule has 0 aliphatic carbocycles. The number of fused-ring (bicyclic) bond motifs is 1. The van der Waals surface area contributed by atoms with Crippen LogP contribution in [0.1, 0.15) is 19.2 Å². The summed E-state index contributed by atoms with van der Waals surface area (Å²) in [6.07, 6.45) is 1.45. The minimum Gasteiger partial charge on any atom is -0.379 e. The minimum absolute atomic E-state index is 0.0599. The highest BCUT2D eigenvalue weighted by molar-refractivity contribution is 7.89. The van der Waals surface area contributed by atoms with E-state index in [-0.39, 0.29) is 12.3 Å². The third-order valence-corrected chi connectivity index (χ3v) is 5.84. The Kier molecular flexibility index (Phi) is 6.94. The van der Waals surface area contributed by atoms with Crippen LogP contribution in [0.2, 0.25) is 0 Å². The van der Waals surface area contributed by atoms with Gasteiger partial charge in [-0.25, -0.2) is 13.1 Å². The first kappa shape index (κ1) is 19.9. The second-order valence-corrected chi connectivity index (χ2v) is 8.48. The summed E-state index contributed by atoms with van der Waals surface area (Å²) < 4.78 is 32.6. The minimum atomic E-state index is -3.21. The van der Waals surface area contributed by atoms with Crippen LogP contribution in [0.4, 0.5) is 5.82 Å². The molecule has 3 rings (SSSR count). The van der Waals surface area contributed by atoms with Gasteiger partial charge in [0.2, 0.25) is 10.0 Å². The fourth-order valence-electron chi connectivity index (χ4n) is 2.85. The van der Waals surface area contributed by atoms with Gasteiger partial charge in [-0.05, 0) is 32.0 Å². The van der Waals surface area contributed by atoms with Crippen molar-refractivity contribution in [2.45, 2.75) is 19.8 Å². The SMILES string of the molecule is CCS(=O)(=O)NCCc1nnc2ccc(NCCCN3CCOCC3)nn12. The Morgan fingerprint density at radius 2 is 2.00 bits per heavy atom. The van der Waals surface area contributed by atoms with E-state index in [0.717, 1.165) is 51.6 Å². The number of nitrogens with one attached hydrogen (secondary N) is 2. The molecule has 2 aromatic heterocycles. The zero-order chi connectivity index (χ0) is 19.1. The van der Waals surface area contributed by atoms with Crippen LogP contribution in [-0.2, 0) is 21.2 Å². The molecule has 1 saturated heterocycles. The third kappa shape index (κ3) is 5.83. The Morgan fingerprint density at radius 3 is 2.78 bits per heavy atom. The molecule has 1 aliphatic heterocycles. The lowest BCUT2D eigenvalue weighted by Gasteiger charge is -2.26. The van der Waals surface area contributed by atoms with Crippen molar-refractivity contribution in [2.75, 3.05) is 57.0 Å². The number of hydrogen-bond donors (Lipinski definition) is 2. The van der Waals surface area contributed by atoms with E-state index in [1.54, 1.807) is 11.4 Å². The average molecular weight is 398 g/mol. The maximum absolute atomic E-state index is 11.5. The second-order valence-electron chi connectivity index (χ2n) is 6.39. The van der Waals surface area contributed by atoms with Gasteiger partial charge in [0, 0.05) is 32.6 Å². The number of nitrogens with zero attached hydrogens (tertiary/aromatic N) is 5. The van der Waals surface area contributed by atoms with Gasteiger partial charge in [-0.1, -0.05) is 0 Å². The van der Waals surface area contributed by atoms with Gasteiger partial charge in [-0.15, -0.1) is 15.3 Å². The molecular formula is C16H27N7O3S. The largest absolute Gasteiger partial charge is 0.379 e. The van der Waals surface area contributed by atoms with Gasteiger partial charge in [0.15, 0.2) is 11.5 Å². The van der Waals surface area contributed by atoms with Crippen LogP contribution in [0.25, 0.3) is 5.65 Å². The molecule has 150 valence electrons. The van der Waals surface area contributed by atoms with Gasteiger partial charge in [0.05, 0.1) is 19.0 Å². The molecule has 11 heteroatoms. The number of ether oxygens (including phenoxy) is 1. The average Bonchev–Trinajstić information content (AvgIpc) is 3.08. The molecule has 27 heavy (non-hydrogen) atoms. The van der Waals surface area contributed by atoms with E-state index in [1.165, 1.54) is 0 Å². The molecule has 0 spiro atoms. The fraction of sp³-hybridized carbons (Fsp3) is 0.688. The summed E-state index contributed by atoms with van der Waals surface area (Å²) in [6, 6.07) is 3.73. The van der Waals surface area contributed by atoms with Crippen LogP contribution >= 0.6 is 0 Å². The lowest BCUT2D eigenvalue weighted by atomic mass is 10.3. The number of anilines is 1. The molecule has 0 saturated carbocycles. The van der Waals surface area contributed by atoms with Gasteiger partial charge in [0.25, 0.3) is 0 Å². The normalized spacial score (nSPS) is 16.0. The predicted molar refractivity (Wildman–Crippen MR) is 102 cm³/mol. The van der Waals surface area contributed by atoms with E-state index in [0.29, 0.717) is 17.9 Å². The van der Waals surface area contributed by atoms with Crippen molar-refractivity contribution in [2.24, 2.45) is 0 Å². The summed E-state index contributed by atoms with van der Waals surface area (Å²) in [7, 11) is -3.21. The lowest BCUT2D eigenvalue weighted by Crippen LogP contribution is -2.37. The summed E-state index contributed by atoms with van der Waals surface area (Å²) in [4.78, 5) is 2.40. The van der Waals surface area contributed by atoms with E-state index in [4.69, 9.17) is 4.74 Å². The molecule has 1 aliphatic rings. The number of rotatable bonds is 10. The molecule has 0 unspecified atom stereocenters. The first-order valence-electron chi connectivity index (χ1n) is 9.30. The molecule has 0 bridgehead atoms. The highest BCUT2D eigenvalue weighted by Gasteiger charge is 2.11. The second kappa shape index (κ2) is 9.40. The molecule has 0 radical (unpaired) electrons. The maximum atomic E-state index is 11.5. The van der Waals surface area contributed by atoms with Crippen molar-refractivity contribution in [1.29, 1.82) is 0 Å². The van der Waals surface area contributed by atoms with E-state index in [2.05, 4.69) is 30.2 Å². The predicted octanol–water partition coefficient (Wildman–Crippen LogP) is -0.260. The Bertz CT molecular complexity index is 834. The van der Waals surface area contributed by atoms with Crippen molar-refractivity contribution in [1.82, 2.24) is 29.4 Å². The highest BCUT2D eigenvalue weighted by Crippen LogP contribution is 2.08. The van der Waals surface area contributed by atoms with Crippen molar-refractivity contribution in [3.05, 3.63) is 18.0 Å². The fourth-order valence-corrected chi connectivity index (χ4v) is 3.46. The summed E-state index contributed by atoms with van der Waals surface area (Å²) in [5.41, 5.74) is 0.641. The summed E-state index contributed by atoms with van der Waals surface area (Å²) in [6.45, 7) is 7.36. The summed E-state index contributed by atoms with van der Waals surface area (Å²) >= 11 is 0. The third-order valence-electron chi connectivity index (χ3n) is 4.44. The van der Waals surface area contributed by atoms with E-state index < -0.39 is 10.0 Å². The first-order valence-corrected chi connectivity index (χ1v) is 11.0. The summed E-state index contributed by atoms with van der Waals surface area (Å²) in [5, 5.41) is 16.0. The van der Waals surface area contributed by atoms with E-state index >= 15 is 0 Å². The Labute approximate surface area is 159 Å². The van der Waals surface area contributed by atoms with Gasteiger partial charge in [-0.3, -0.25) is 4.90 Å². The zero-order valence-electron chi connectivity index (χ0n) is 15.6. The smallest absolute Gasteiger partial charge is 0.211 e. The van der Waals surface area contributed by atoms with E-state index in [1.807, 2.05) is 12.1 Å².